The third-order valence-corrected chi connectivity index (χ3v) is 2.97. The van der Waals surface area contributed by atoms with Crippen molar-refractivity contribution in [2.45, 2.75) is 20.0 Å². The molecule has 2 rings (SSSR count). The van der Waals surface area contributed by atoms with E-state index in [1.54, 1.807) is 25.1 Å². The van der Waals surface area contributed by atoms with Crippen LogP contribution in [-0.2, 0) is 0 Å². The Kier molecular flexibility index (Phi) is 5.32. The number of benzene rings is 1. The summed E-state index contributed by atoms with van der Waals surface area (Å²) >= 11 is 0. The Morgan fingerprint density at radius 2 is 1.88 bits per heavy atom. The minimum atomic E-state index is 0.0746. The first-order valence-electron chi connectivity index (χ1n) is 7.47. The number of nitriles is 1. The summed E-state index contributed by atoms with van der Waals surface area (Å²) in [5.74, 6) is 1.50. The average Bonchev–Trinajstić information content (AvgIpc) is 2.53. The first-order chi connectivity index (χ1) is 11.4. The van der Waals surface area contributed by atoms with Gasteiger partial charge in [0.2, 0.25) is 11.9 Å². The van der Waals surface area contributed by atoms with Gasteiger partial charge in [-0.15, -0.1) is 0 Å². The average molecular weight is 324 g/mol. The highest BCUT2D eigenvalue weighted by atomic mass is 16.5. The SMILES string of the molecule is CC(C)Oc1ccc(C=C(C#N)c2nc(N)nc(N(C)C)n2)cc1. The lowest BCUT2D eigenvalue weighted by Gasteiger charge is -2.11. The van der Waals surface area contributed by atoms with Crippen molar-refractivity contribution in [1.29, 1.82) is 5.26 Å². The molecule has 7 nitrogen and oxygen atoms in total. The zero-order chi connectivity index (χ0) is 17.7. The second-order valence-corrected chi connectivity index (χ2v) is 5.62. The molecule has 2 N–H and O–H groups in total. The fraction of sp³-hybridized carbons (Fsp3) is 0.294. The molecule has 1 aromatic carbocycles. The molecule has 0 saturated carbocycles. The fourth-order valence-electron chi connectivity index (χ4n) is 1.93. The van der Waals surface area contributed by atoms with Crippen molar-refractivity contribution >= 4 is 23.5 Å². The van der Waals surface area contributed by atoms with E-state index in [1.165, 1.54) is 0 Å². The minimum absolute atomic E-state index is 0.0746. The smallest absolute Gasteiger partial charge is 0.230 e. The number of hydrogen-bond donors (Lipinski definition) is 1. The number of allylic oxidation sites excluding steroid dienone is 1. The van der Waals surface area contributed by atoms with E-state index >= 15 is 0 Å². The highest BCUT2D eigenvalue weighted by Crippen LogP contribution is 2.19. The number of aromatic nitrogens is 3. The van der Waals surface area contributed by atoms with Crippen LogP contribution in [0.4, 0.5) is 11.9 Å². The molecule has 0 atom stereocenters. The van der Waals surface area contributed by atoms with E-state index in [4.69, 9.17) is 10.5 Å². The number of rotatable bonds is 5. The molecule has 1 aromatic heterocycles. The maximum absolute atomic E-state index is 9.44. The highest BCUT2D eigenvalue weighted by Gasteiger charge is 2.10. The van der Waals surface area contributed by atoms with Crippen molar-refractivity contribution in [3.63, 3.8) is 0 Å². The maximum Gasteiger partial charge on any atom is 0.230 e. The molecule has 0 aliphatic rings. The van der Waals surface area contributed by atoms with E-state index in [0.29, 0.717) is 11.5 Å². The van der Waals surface area contributed by atoms with Crippen LogP contribution in [0.2, 0.25) is 0 Å². The number of nitrogens with two attached hydrogens (primary N) is 1. The summed E-state index contributed by atoms with van der Waals surface area (Å²) in [4.78, 5) is 14.0. The highest BCUT2D eigenvalue weighted by molar-refractivity contribution is 5.87. The van der Waals surface area contributed by atoms with Gasteiger partial charge in [-0.05, 0) is 37.6 Å². The van der Waals surface area contributed by atoms with Crippen LogP contribution in [0, 0.1) is 11.3 Å². The van der Waals surface area contributed by atoms with Gasteiger partial charge in [0.25, 0.3) is 0 Å². The molecule has 0 amide bonds. The summed E-state index contributed by atoms with van der Waals surface area (Å²) in [6, 6.07) is 9.56. The van der Waals surface area contributed by atoms with Crippen LogP contribution in [0.15, 0.2) is 24.3 Å². The molecule has 0 aliphatic heterocycles. The summed E-state index contributed by atoms with van der Waals surface area (Å²) in [7, 11) is 3.59. The molecular formula is C17H20N6O. The summed E-state index contributed by atoms with van der Waals surface area (Å²) in [6.45, 7) is 3.93. The van der Waals surface area contributed by atoms with E-state index in [2.05, 4.69) is 21.0 Å². The lowest BCUT2D eigenvalue weighted by atomic mass is 10.1. The monoisotopic (exact) mass is 324 g/mol. The molecule has 0 spiro atoms. The molecule has 0 saturated heterocycles. The molecule has 0 bridgehead atoms. The molecule has 0 unspecified atom stereocenters. The molecule has 1 heterocycles. The van der Waals surface area contributed by atoms with Crippen molar-refractivity contribution in [3.8, 4) is 11.8 Å². The number of nitrogen functional groups attached to an aromatic ring is 1. The molecule has 0 aliphatic carbocycles. The summed E-state index contributed by atoms with van der Waals surface area (Å²) in [5, 5.41) is 9.44. The van der Waals surface area contributed by atoms with E-state index in [0.717, 1.165) is 11.3 Å². The molecule has 0 fully saturated rings. The quantitative estimate of drug-likeness (QED) is 0.842. The third kappa shape index (κ3) is 4.43. The van der Waals surface area contributed by atoms with Gasteiger partial charge in [-0.25, -0.2) is 0 Å². The van der Waals surface area contributed by atoms with Crippen molar-refractivity contribution in [2.75, 3.05) is 24.7 Å². The molecule has 7 heteroatoms. The third-order valence-electron chi connectivity index (χ3n) is 2.97. The molecular weight excluding hydrogens is 304 g/mol. The largest absolute Gasteiger partial charge is 0.491 e. The van der Waals surface area contributed by atoms with Crippen molar-refractivity contribution in [2.24, 2.45) is 0 Å². The van der Waals surface area contributed by atoms with E-state index in [-0.39, 0.29) is 17.9 Å². The second kappa shape index (κ2) is 7.42. The standard InChI is InChI=1S/C17H20N6O/c1-11(2)24-14-7-5-12(6-8-14)9-13(10-18)15-20-16(19)22-17(21-15)23(3)4/h5-9,11H,1-4H3,(H2,19,20,21,22). The zero-order valence-electron chi connectivity index (χ0n) is 14.2. The van der Waals surface area contributed by atoms with E-state index in [1.807, 2.05) is 38.1 Å². The summed E-state index contributed by atoms with van der Waals surface area (Å²) in [5.41, 5.74) is 6.86. The lowest BCUT2D eigenvalue weighted by Crippen LogP contribution is -2.15. The predicted octanol–water partition coefficient (Wildman–Crippen LogP) is 2.37. The van der Waals surface area contributed by atoms with Crippen LogP contribution < -0.4 is 15.4 Å². The minimum Gasteiger partial charge on any atom is -0.491 e. The van der Waals surface area contributed by atoms with Gasteiger partial charge in [0, 0.05) is 14.1 Å². The van der Waals surface area contributed by atoms with Gasteiger partial charge >= 0.3 is 0 Å². The van der Waals surface area contributed by atoms with Crippen LogP contribution in [0.5, 0.6) is 5.75 Å². The number of nitrogens with zero attached hydrogens (tertiary/aromatic N) is 5. The van der Waals surface area contributed by atoms with Crippen molar-refractivity contribution in [3.05, 3.63) is 35.7 Å². The first-order valence-corrected chi connectivity index (χ1v) is 7.47. The zero-order valence-corrected chi connectivity index (χ0v) is 14.2. The van der Waals surface area contributed by atoms with Gasteiger partial charge in [0.05, 0.1) is 11.7 Å². The van der Waals surface area contributed by atoms with Gasteiger partial charge < -0.3 is 15.4 Å². The molecule has 0 radical (unpaired) electrons. The number of hydrogen-bond acceptors (Lipinski definition) is 7. The molecule has 2 aromatic rings. The van der Waals surface area contributed by atoms with Crippen molar-refractivity contribution < 1.29 is 4.74 Å². The van der Waals surface area contributed by atoms with Gasteiger partial charge in [-0.2, -0.15) is 20.2 Å². The fourth-order valence-corrected chi connectivity index (χ4v) is 1.93. The van der Waals surface area contributed by atoms with E-state index in [9.17, 15) is 5.26 Å². The molecule has 24 heavy (non-hydrogen) atoms. The normalized spacial score (nSPS) is 11.2. The first kappa shape index (κ1) is 17.2. The van der Waals surface area contributed by atoms with Crippen LogP contribution in [0.1, 0.15) is 25.2 Å². The Morgan fingerprint density at radius 1 is 1.21 bits per heavy atom. The van der Waals surface area contributed by atoms with Gasteiger partial charge in [0.15, 0.2) is 5.82 Å². The maximum atomic E-state index is 9.44. The van der Waals surface area contributed by atoms with Gasteiger partial charge in [-0.3, -0.25) is 0 Å². The Bertz CT molecular complexity index is 775. The van der Waals surface area contributed by atoms with Crippen LogP contribution in [0.3, 0.4) is 0 Å². The lowest BCUT2D eigenvalue weighted by molar-refractivity contribution is 0.242. The molecule has 124 valence electrons. The Hall–Kier alpha value is -3.14. The van der Waals surface area contributed by atoms with Crippen molar-refractivity contribution in [1.82, 2.24) is 15.0 Å². The van der Waals surface area contributed by atoms with E-state index < -0.39 is 0 Å². The Balaban J connectivity index is 2.34. The summed E-state index contributed by atoms with van der Waals surface area (Å²) < 4.78 is 5.60. The van der Waals surface area contributed by atoms with Crippen LogP contribution >= 0.6 is 0 Å². The van der Waals surface area contributed by atoms with Gasteiger partial charge in [0.1, 0.15) is 11.8 Å². The van der Waals surface area contributed by atoms with Gasteiger partial charge in [-0.1, -0.05) is 12.1 Å². The van der Waals surface area contributed by atoms with Crippen LogP contribution in [-0.4, -0.2) is 35.2 Å². The Morgan fingerprint density at radius 3 is 2.42 bits per heavy atom. The van der Waals surface area contributed by atoms with Crippen LogP contribution in [0.25, 0.3) is 11.6 Å². The second-order valence-electron chi connectivity index (χ2n) is 5.62. The number of anilines is 2. The topological polar surface area (TPSA) is 101 Å². The Labute approximate surface area is 141 Å². The number of ether oxygens (including phenoxy) is 1. The predicted molar refractivity (Wildman–Crippen MR) is 94.3 cm³/mol. The summed E-state index contributed by atoms with van der Waals surface area (Å²) in [6.07, 6.45) is 1.81.